The van der Waals surface area contributed by atoms with Crippen LogP contribution in [0.3, 0.4) is 0 Å². The second kappa shape index (κ2) is 7.46. The number of carbonyl (C=O) groups excluding carboxylic acids is 1. The first kappa shape index (κ1) is 15.9. The number of likely N-dealkylation sites (N-methyl/N-ethyl adjacent to an activating group) is 1. The molecule has 0 unspecified atom stereocenters. The van der Waals surface area contributed by atoms with Crippen LogP contribution in [0.4, 0.5) is 0 Å². The van der Waals surface area contributed by atoms with Gasteiger partial charge in [0.1, 0.15) is 0 Å². The molecular weight excluding hydrogens is 238 g/mol. The number of carbonyl (C=O) groups is 1. The van der Waals surface area contributed by atoms with Crippen molar-refractivity contribution in [2.45, 2.75) is 13.8 Å². The summed E-state index contributed by atoms with van der Waals surface area (Å²) in [5, 5.41) is 0. The molecule has 0 saturated heterocycles. The Morgan fingerprint density at radius 1 is 1.32 bits per heavy atom. The molecule has 0 aliphatic carbocycles. The largest absolute Gasteiger partial charge is 0.348 e. The van der Waals surface area contributed by atoms with Crippen molar-refractivity contribution in [3.05, 3.63) is 24.0 Å². The lowest BCUT2D eigenvalue weighted by atomic mass is 10.2. The number of aromatic nitrogens is 1. The van der Waals surface area contributed by atoms with Crippen LogP contribution >= 0.6 is 0 Å². The van der Waals surface area contributed by atoms with Crippen molar-refractivity contribution in [2.24, 2.45) is 13.0 Å². The van der Waals surface area contributed by atoms with Gasteiger partial charge >= 0.3 is 0 Å². The van der Waals surface area contributed by atoms with E-state index < -0.39 is 0 Å². The van der Waals surface area contributed by atoms with Gasteiger partial charge in [-0.2, -0.15) is 0 Å². The lowest BCUT2D eigenvalue weighted by molar-refractivity contribution is 0.0908. The summed E-state index contributed by atoms with van der Waals surface area (Å²) in [5.74, 6) is 0.773. The van der Waals surface area contributed by atoms with Crippen LogP contribution in [0, 0.1) is 5.92 Å². The van der Waals surface area contributed by atoms with Gasteiger partial charge in [0, 0.05) is 32.9 Å². The highest BCUT2D eigenvalue weighted by Crippen LogP contribution is 2.05. The molecular formula is C15H27N3O. The first-order valence-corrected chi connectivity index (χ1v) is 6.91. The minimum atomic E-state index is 0.201. The highest BCUT2D eigenvalue weighted by atomic mass is 16.1. The average Bonchev–Trinajstić information content (AvgIpc) is 2.71. The van der Waals surface area contributed by atoms with Crippen LogP contribution in [-0.4, -0.2) is 60.4 Å². The molecule has 0 bridgehead atoms. The fourth-order valence-corrected chi connectivity index (χ4v) is 2.13. The van der Waals surface area contributed by atoms with E-state index in [1.165, 1.54) is 0 Å². The van der Waals surface area contributed by atoms with Crippen LogP contribution in [0.1, 0.15) is 24.3 Å². The molecule has 1 rings (SSSR count). The van der Waals surface area contributed by atoms with Crippen LogP contribution in [0.25, 0.3) is 0 Å². The summed E-state index contributed by atoms with van der Waals surface area (Å²) in [7, 11) is 6.04. The van der Waals surface area contributed by atoms with Crippen LogP contribution in [0.5, 0.6) is 0 Å². The summed E-state index contributed by atoms with van der Waals surface area (Å²) in [6, 6.07) is 3.81. The van der Waals surface area contributed by atoms with Gasteiger partial charge in [-0.05, 0) is 32.1 Å². The van der Waals surface area contributed by atoms with Gasteiger partial charge in [-0.1, -0.05) is 13.8 Å². The summed E-state index contributed by atoms with van der Waals surface area (Å²) in [6.07, 6.45) is 1.92. The Morgan fingerprint density at radius 3 is 2.47 bits per heavy atom. The van der Waals surface area contributed by atoms with E-state index in [-0.39, 0.29) is 5.78 Å². The number of hydrogen-bond donors (Lipinski definition) is 0. The van der Waals surface area contributed by atoms with Crippen molar-refractivity contribution in [3.8, 4) is 0 Å². The third-order valence-corrected chi connectivity index (χ3v) is 3.08. The SMILES string of the molecule is CC(C)CN(CCN(C)C)CC(=O)c1cccn1C. The number of nitrogens with zero attached hydrogens (tertiary/aromatic N) is 3. The predicted molar refractivity (Wildman–Crippen MR) is 79.6 cm³/mol. The third-order valence-electron chi connectivity index (χ3n) is 3.08. The maximum Gasteiger partial charge on any atom is 0.193 e. The second-order valence-corrected chi connectivity index (χ2v) is 5.86. The highest BCUT2D eigenvalue weighted by molar-refractivity contribution is 5.96. The van der Waals surface area contributed by atoms with Gasteiger partial charge in [-0.25, -0.2) is 0 Å². The molecule has 108 valence electrons. The minimum Gasteiger partial charge on any atom is -0.348 e. The fourth-order valence-electron chi connectivity index (χ4n) is 2.13. The highest BCUT2D eigenvalue weighted by Gasteiger charge is 2.15. The Morgan fingerprint density at radius 2 is 2.00 bits per heavy atom. The molecule has 0 aromatic carbocycles. The van der Waals surface area contributed by atoms with Gasteiger partial charge in [0.25, 0.3) is 0 Å². The van der Waals surface area contributed by atoms with E-state index >= 15 is 0 Å². The standard InChI is InChI=1S/C15H27N3O/c1-13(2)11-18(10-9-16(3)4)12-15(19)14-7-6-8-17(14)5/h6-8,13H,9-12H2,1-5H3. The van der Waals surface area contributed by atoms with Gasteiger partial charge < -0.3 is 9.47 Å². The number of ketones is 1. The number of aryl methyl sites for hydroxylation is 1. The summed E-state index contributed by atoms with van der Waals surface area (Å²) in [5.41, 5.74) is 0.790. The summed E-state index contributed by atoms with van der Waals surface area (Å²) < 4.78 is 1.89. The molecule has 0 spiro atoms. The predicted octanol–water partition coefficient (Wildman–Crippen LogP) is 1.73. The van der Waals surface area contributed by atoms with E-state index in [0.29, 0.717) is 12.5 Å². The molecule has 4 nitrogen and oxygen atoms in total. The van der Waals surface area contributed by atoms with Crippen molar-refractivity contribution in [1.82, 2.24) is 14.4 Å². The van der Waals surface area contributed by atoms with Gasteiger partial charge in [0.05, 0.1) is 12.2 Å². The molecule has 1 heterocycles. The quantitative estimate of drug-likeness (QED) is 0.670. The molecule has 0 aliphatic heterocycles. The molecule has 0 saturated carbocycles. The van der Waals surface area contributed by atoms with Gasteiger partial charge in [0.15, 0.2) is 5.78 Å². The number of rotatable bonds is 8. The van der Waals surface area contributed by atoms with Crippen molar-refractivity contribution in [2.75, 3.05) is 40.3 Å². The molecule has 0 radical (unpaired) electrons. The van der Waals surface area contributed by atoms with E-state index in [1.54, 1.807) is 0 Å². The van der Waals surface area contributed by atoms with E-state index in [2.05, 4.69) is 37.7 Å². The Hall–Kier alpha value is -1.13. The monoisotopic (exact) mass is 265 g/mol. The topological polar surface area (TPSA) is 28.5 Å². The Labute approximate surface area is 117 Å². The average molecular weight is 265 g/mol. The molecule has 0 fully saturated rings. The zero-order valence-electron chi connectivity index (χ0n) is 12.9. The van der Waals surface area contributed by atoms with Gasteiger partial charge in [-0.15, -0.1) is 0 Å². The molecule has 0 N–H and O–H groups in total. The maximum absolute atomic E-state index is 12.3. The molecule has 0 amide bonds. The second-order valence-electron chi connectivity index (χ2n) is 5.86. The zero-order valence-corrected chi connectivity index (χ0v) is 12.9. The molecule has 0 atom stereocenters. The maximum atomic E-state index is 12.3. The van der Waals surface area contributed by atoms with E-state index in [0.717, 1.165) is 25.3 Å². The third kappa shape index (κ3) is 5.57. The van der Waals surface area contributed by atoms with E-state index in [1.807, 2.05) is 29.9 Å². The Kier molecular flexibility index (Phi) is 6.25. The first-order chi connectivity index (χ1) is 8.90. The van der Waals surface area contributed by atoms with Crippen molar-refractivity contribution >= 4 is 5.78 Å². The van der Waals surface area contributed by atoms with Crippen LogP contribution in [-0.2, 0) is 7.05 Å². The van der Waals surface area contributed by atoms with E-state index in [9.17, 15) is 4.79 Å². The van der Waals surface area contributed by atoms with Crippen LogP contribution in [0.15, 0.2) is 18.3 Å². The Bertz CT molecular complexity index is 396. The van der Waals surface area contributed by atoms with Crippen molar-refractivity contribution in [3.63, 3.8) is 0 Å². The lowest BCUT2D eigenvalue weighted by Crippen LogP contribution is -2.38. The van der Waals surface area contributed by atoms with Gasteiger partial charge in [0.2, 0.25) is 0 Å². The molecule has 1 aromatic rings. The summed E-state index contributed by atoms with van der Waals surface area (Å²) >= 11 is 0. The smallest absolute Gasteiger partial charge is 0.193 e. The molecule has 1 aromatic heterocycles. The van der Waals surface area contributed by atoms with E-state index in [4.69, 9.17) is 0 Å². The Balaban J connectivity index is 2.60. The molecule has 0 aliphatic rings. The molecule has 4 heteroatoms. The van der Waals surface area contributed by atoms with Crippen molar-refractivity contribution < 1.29 is 4.79 Å². The minimum absolute atomic E-state index is 0.201. The van der Waals surface area contributed by atoms with Crippen LogP contribution in [0.2, 0.25) is 0 Å². The van der Waals surface area contributed by atoms with Crippen molar-refractivity contribution in [1.29, 1.82) is 0 Å². The van der Waals surface area contributed by atoms with Gasteiger partial charge in [-0.3, -0.25) is 9.69 Å². The fraction of sp³-hybridized carbons (Fsp3) is 0.667. The zero-order chi connectivity index (χ0) is 14.4. The lowest BCUT2D eigenvalue weighted by Gasteiger charge is -2.25. The normalized spacial score (nSPS) is 11.8. The number of Topliss-reactive ketones (excluding diaryl/α,β-unsaturated/α-hetero) is 1. The number of hydrogen-bond acceptors (Lipinski definition) is 3. The first-order valence-electron chi connectivity index (χ1n) is 6.91. The summed E-state index contributed by atoms with van der Waals surface area (Å²) in [6.45, 7) is 7.76. The molecule has 19 heavy (non-hydrogen) atoms. The summed E-state index contributed by atoms with van der Waals surface area (Å²) in [4.78, 5) is 16.7. The van der Waals surface area contributed by atoms with Crippen LogP contribution < -0.4 is 0 Å².